The highest BCUT2D eigenvalue weighted by molar-refractivity contribution is 6.04. The molecule has 2 aromatic heterocycles. The fourth-order valence-corrected chi connectivity index (χ4v) is 2.86. The van der Waals surface area contributed by atoms with E-state index in [1.165, 1.54) is 5.56 Å². The average molecular weight is 354 g/mol. The van der Waals surface area contributed by atoms with Crippen LogP contribution < -0.4 is 4.74 Å². The van der Waals surface area contributed by atoms with Gasteiger partial charge in [-0.05, 0) is 32.8 Å². The zero-order valence-electron chi connectivity index (χ0n) is 15.2. The van der Waals surface area contributed by atoms with Crippen LogP contribution in [0.4, 0.5) is 0 Å². The number of hydrogen-bond donors (Lipinski definition) is 0. The van der Waals surface area contributed by atoms with Crippen LogP contribution in [0.5, 0.6) is 5.88 Å². The second-order valence-corrected chi connectivity index (χ2v) is 5.78. The molecule has 0 spiro atoms. The maximum Gasteiger partial charge on any atom is 0.342 e. The molecule has 0 amide bonds. The zero-order valence-corrected chi connectivity index (χ0v) is 15.2. The number of benzene rings is 1. The third-order valence-corrected chi connectivity index (χ3v) is 4.02. The van der Waals surface area contributed by atoms with E-state index < -0.39 is 5.97 Å². The maximum atomic E-state index is 12.5. The van der Waals surface area contributed by atoms with Gasteiger partial charge >= 0.3 is 5.97 Å². The number of aromatic nitrogens is 4. The predicted molar refractivity (Wildman–Crippen MR) is 97.3 cm³/mol. The largest absolute Gasteiger partial charge is 0.476 e. The first-order valence-corrected chi connectivity index (χ1v) is 8.73. The average Bonchev–Trinajstić information content (AvgIpc) is 3.05. The number of rotatable bonds is 7. The molecule has 0 saturated carbocycles. The molecule has 0 aliphatic heterocycles. The second-order valence-electron chi connectivity index (χ2n) is 5.78. The maximum absolute atomic E-state index is 12.5. The molecule has 26 heavy (non-hydrogen) atoms. The van der Waals surface area contributed by atoms with Crippen molar-refractivity contribution >= 4 is 17.0 Å². The molecule has 0 N–H and O–H groups in total. The molecule has 0 fully saturated rings. The van der Waals surface area contributed by atoms with Gasteiger partial charge in [0.2, 0.25) is 5.88 Å². The van der Waals surface area contributed by atoms with Crippen LogP contribution in [-0.4, -0.2) is 39.2 Å². The summed E-state index contributed by atoms with van der Waals surface area (Å²) in [6.07, 6.45) is 0.771. The number of ether oxygens (including phenoxy) is 2. The quantitative estimate of drug-likeness (QED) is 0.607. The van der Waals surface area contributed by atoms with Crippen LogP contribution in [0.3, 0.4) is 0 Å². The molecule has 0 aliphatic carbocycles. The molecule has 0 aliphatic rings. The number of nitrogens with zero attached hydrogens (tertiary/aromatic N) is 4. The summed E-state index contributed by atoms with van der Waals surface area (Å²) in [6.45, 7) is 6.75. The lowest BCUT2D eigenvalue weighted by molar-refractivity contribution is 0.0526. The topological polar surface area (TPSA) is 79.1 Å². The van der Waals surface area contributed by atoms with Gasteiger partial charge in [0.1, 0.15) is 11.1 Å². The fraction of sp³-hybridized carbons (Fsp3) is 0.368. The smallest absolute Gasteiger partial charge is 0.342 e. The summed E-state index contributed by atoms with van der Waals surface area (Å²) in [5, 5.41) is 8.45. The van der Waals surface area contributed by atoms with Gasteiger partial charge < -0.3 is 9.47 Å². The Hall–Kier alpha value is -2.96. The first-order chi connectivity index (χ1) is 12.7. The van der Waals surface area contributed by atoms with E-state index in [9.17, 15) is 4.79 Å². The Morgan fingerprint density at radius 1 is 1.15 bits per heavy atom. The first-order valence-electron chi connectivity index (χ1n) is 8.73. The van der Waals surface area contributed by atoms with Crippen LogP contribution in [0.2, 0.25) is 0 Å². The highest BCUT2D eigenvalue weighted by Gasteiger charge is 2.24. The molecule has 7 nitrogen and oxygen atoms in total. The number of pyridine rings is 1. The van der Waals surface area contributed by atoms with Crippen molar-refractivity contribution in [2.24, 2.45) is 0 Å². The Kier molecular flexibility index (Phi) is 5.46. The van der Waals surface area contributed by atoms with Gasteiger partial charge in [-0.15, -0.1) is 5.10 Å². The van der Waals surface area contributed by atoms with Crippen LogP contribution >= 0.6 is 0 Å². The van der Waals surface area contributed by atoms with E-state index in [2.05, 4.69) is 27.4 Å². The lowest BCUT2D eigenvalue weighted by Crippen LogP contribution is -2.13. The molecule has 3 rings (SSSR count). The van der Waals surface area contributed by atoms with Gasteiger partial charge in [0.05, 0.1) is 18.9 Å². The second kappa shape index (κ2) is 7.95. The minimum atomic E-state index is -0.422. The van der Waals surface area contributed by atoms with E-state index in [-0.39, 0.29) is 0 Å². The SMILES string of the molecule is CCOC(=O)c1c(C)nc(OCC)c2nnn(CCc3ccccc3)c12. The fourth-order valence-electron chi connectivity index (χ4n) is 2.86. The molecule has 1 aromatic carbocycles. The Bertz CT molecular complexity index is 906. The molecule has 2 heterocycles. The summed E-state index contributed by atoms with van der Waals surface area (Å²) >= 11 is 0. The van der Waals surface area contributed by atoms with Gasteiger partial charge in [-0.3, -0.25) is 0 Å². The van der Waals surface area contributed by atoms with Gasteiger partial charge in [-0.2, -0.15) is 0 Å². The minimum Gasteiger partial charge on any atom is -0.476 e. The highest BCUT2D eigenvalue weighted by atomic mass is 16.5. The molecular weight excluding hydrogens is 332 g/mol. The van der Waals surface area contributed by atoms with Gasteiger partial charge in [0, 0.05) is 6.54 Å². The van der Waals surface area contributed by atoms with Crippen molar-refractivity contribution in [1.29, 1.82) is 0 Å². The number of esters is 1. The third-order valence-electron chi connectivity index (χ3n) is 4.02. The van der Waals surface area contributed by atoms with Crippen LogP contribution in [-0.2, 0) is 17.7 Å². The van der Waals surface area contributed by atoms with Crippen molar-refractivity contribution in [3.05, 3.63) is 47.2 Å². The summed E-state index contributed by atoms with van der Waals surface area (Å²) < 4.78 is 12.5. The predicted octanol–water partition coefficient (Wildman–Crippen LogP) is 2.95. The highest BCUT2D eigenvalue weighted by Crippen LogP contribution is 2.28. The molecule has 0 bridgehead atoms. The number of fused-ring (bicyclic) bond motifs is 1. The van der Waals surface area contributed by atoms with E-state index in [4.69, 9.17) is 9.47 Å². The van der Waals surface area contributed by atoms with Crippen molar-refractivity contribution in [2.75, 3.05) is 13.2 Å². The third kappa shape index (κ3) is 3.51. The van der Waals surface area contributed by atoms with Crippen molar-refractivity contribution in [2.45, 2.75) is 33.7 Å². The van der Waals surface area contributed by atoms with E-state index in [1.54, 1.807) is 18.5 Å². The lowest BCUT2D eigenvalue weighted by atomic mass is 10.1. The standard InChI is InChI=1S/C19H22N4O3/c1-4-25-18-16-17(15(13(3)20-18)19(24)26-5-2)23(22-21-16)12-11-14-9-7-6-8-10-14/h6-10H,4-5,11-12H2,1-3H3. The molecule has 0 atom stereocenters. The summed E-state index contributed by atoms with van der Waals surface area (Å²) in [6, 6.07) is 10.1. The van der Waals surface area contributed by atoms with Gasteiger partial charge in [0.15, 0.2) is 5.52 Å². The van der Waals surface area contributed by atoms with Gasteiger partial charge in [0.25, 0.3) is 0 Å². The van der Waals surface area contributed by atoms with Crippen LogP contribution in [0, 0.1) is 6.92 Å². The Morgan fingerprint density at radius 3 is 2.62 bits per heavy atom. The number of hydrogen-bond acceptors (Lipinski definition) is 6. The van der Waals surface area contributed by atoms with Gasteiger partial charge in [-0.25, -0.2) is 14.5 Å². The lowest BCUT2D eigenvalue weighted by Gasteiger charge is -2.11. The molecule has 0 saturated heterocycles. The summed E-state index contributed by atoms with van der Waals surface area (Å²) in [5.41, 5.74) is 3.21. The molecular formula is C19H22N4O3. The van der Waals surface area contributed by atoms with Crippen LogP contribution in [0.15, 0.2) is 30.3 Å². The Labute approximate surface area is 151 Å². The molecule has 7 heteroatoms. The molecule has 0 unspecified atom stereocenters. The minimum absolute atomic E-state index is 0.290. The summed E-state index contributed by atoms with van der Waals surface area (Å²) in [5.74, 6) is -0.0344. The first kappa shape index (κ1) is 17.8. The summed E-state index contributed by atoms with van der Waals surface area (Å²) in [4.78, 5) is 16.9. The van der Waals surface area contributed by atoms with E-state index >= 15 is 0 Å². The molecule has 0 radical (unpaired) electrons. The van der Waals surface area contributed by atoms with Crippen molar-refractivity contribution in [3.8, 4) is 5.88 Å². The van der Waals surface area contributed by atoms with Crippen molar-refractivity contribution in [3.63, 3.8) is 0 Å². The van der Waals surface area contributed by atoms with Crippen molar-refractivity contribution < 1.29 is 14.3 Å². The van der Waals surface area contributed by atoms with E-state index in [1.807, 2.05) is 25.1 Å². The molecule has 3 aromatic rings. The molecule has 136 valence electrons. The van der Waals surface area contributed by atoms with Crippen molar-refractivity contribution in [1.82, 2.24) is 20.0 Å². The number of carbonyl (C=O) groups is 1. The Balaban J connectivity index is 2.06. The van der Waals surface area contributed by atoms with Crippen LogP contribution in [0.25, 0.3) is 11.0 Å². The van der Waals surface area contributed by atoms with Gasteiger partial charge in [-0.1, -0.05) is 35.5 Å². The number of carbonyl (C=O) groups excluding carboxylic acids is 1. The summed E-state index contributed by atoms with van der Waals surface area (Å²) in [7, 11) is 0. The zero-order chi connectivity index (χ0) is 18.5. The normalized spacial score (nSPS) is 10.9. The van der Waals surface area contributed by atoms with E-state index in [0.29, 0.717) is 47.9 Å². The van der Waals surface area contributed by atoms with E-state index in [0.717, 1.165) is 6.42 Å². The monoisotopic (exact) mass is 354 g/mol. The number of aryl methyl sites for hydroxylation is 3. The van der Waals surface area contributed by atoms with Crippen LogP contribution in [0.1, 0.15) is 35.5 Å². The Morgan fingerprint density at radius 2 is 1.92 bits per heavy atom.